The molecule has 6 heteroatoms. The van der Waals surface area contributed by atoms with Gasteiger partial charge in [0.25, 0.3) is 0 Å². The summed E-state index contributed by atoms with van der Waals surface area (Å²) in [5.74, 6) is -0.249. The second-order valence-corrected chi connectivity index (χ2v) is 5.41. The molecule has 1 aromatic carbocycles. The number of anilines is 1. The van der Waals surface area contributed by atoms with Gasteiger partial charge in [-0.3, -0.25) is 4.79 Å². The van der Waals surface area contributed by atoms with E-state index in [1.165, 1.54) is 19.1 Å². The molecule has 0 aromatic heterocycles. The highest BCUT2D eigenvalue weighted by molar-refractivity contribution is 5.90. The van der Waals surface area contributed by atoms with Crippen LogP contribution in [0.5, 0.6) is 0 Å². The highest BCUT2D eigenvalue weighted by Crippen LogP contribution is 2.33. The van der Waals surface area contributed by atoms with Gasteiger partial charge in [-0.05, 0) is 50.4 Å². The van der Waals surface area contributed by atoms with Crippen molar-refractivity contribution in [3.8, 4) is 0 Å². The second kappa shape index (κ2) is 6.47. The van der Waals surface area contributed by atoms with E-state index in [9.17, 15) is 18.0 Å². The summed E-state index contributed by atoms with van der Waals surface area (Å²) in [6.07, 6.45) is -1.22. The van der Waals surface area contributed by atoms with Crippen molar-refractivity contribution in [3.05, 3.63) is 29.3 Å². The highest BCUT2D eigenvalue weighted by Gasteiger charge is 2.32. The van der Waals surface area contributed by atoms with Gasteiger partial charge in [-0.1, -0.05) is 6.07 Å². The fourth-order valence-electron chi connectivity index (χ4n) is 2.54. The quantitative estimate of drug-likeness (QED) is 0.894. The normalized spacial score (nSPS) is 18.8. The van der Waals surface area contributed by atoms with Crippen LogP contribution in [0.3, 0.4) is 0 Å². The van der Waals surface area contributed by atoms with Crippen LogP contribution in [-0.4, -0.2) is 18.5 Å². The van der Waals surface area contributed by atoms with Crippen LogP contribution in [0.25, 0.3) is 0 Å². The van der Waals surface area contributed by atoms with Gasteiger partial charge in [0.2, 0.25) is 5.91 Å². The molecule has 0 aliphatic carbocycles. The zero-order chi connectivity index (χ0) is 15.5. The van der Waals surface area contributed by atoms with E-state index in [0.717, 1.165) is 25.5 Å². The zero-order valence-corrected chi connectivity index (χ0v) is 11.9. The van der Waals surface area contributed by atoms with Crippen LogP contribution in [0, 0.1) is 6.92 Å². The molecule has 1 saturated heterocycles. The Balaban J connectivity index is 1.94. The number of carbonyl (C=O) groups excluding carboxylic acids is 1. The molecule has 1 aromatic rings. The Morgan fingerprint density at radius 3 is 2.81 bits per heavy atom. The topological polar surface area (TPSA) is 41.1 Å². The summed E-state index contributed by atoms with van der Waals surface area (Å²) in [5, 5.41) is 5.82. The molecule has 1 amide bonds. The summed E-state index contributed by atoms with van der Waals surface area (Å²) in [6.45, 7) is 2.37. The van der Waals surface area contributed by atoms with Crippen molar-refractivity contribution in [2.75, 3.05) is 11.9 Å². The molecule has 3 nitrogen and oxygen atoms in total. The van der Waals surface area contributed by atoms with Crippen LogP contribution in [0.15, 0.2) is 18.2 Å². The first-order valence-electron chi connectivity index (χ1n) is 7.07. The van der Waals surface area contributed by atoms with Gasteiger partial charge in [0.05, 0.1) is 5.56 Å². The van der Waals surface area contributed by atoms with Gasteiger partial charge in [-0.2, -0.15) is 13.2 Å². The molecule has 2 rings (SSSR count). The summed E-state index contributed by atoms with van der Waals surface area (Å²) < 4.78 is 38.4. The molecule has 1 unspecified atom stereocenters. The minimum atomic E-state index is -4.40. The summed E-state index contributed by atoms with van der Waals surface area (Å²) >= 11 is 0. The number of nitrogens with one attached hydrogen (secondary N) is 2. The summed E-state index contributed by atoms with van der Waals surface area (Å²) in [5.41, 5.74) is -0.370. The van der Waals surface area contributed by atoms with E-state index in [0.29, 0.717) is 18.9 Å². The first-order chi connectivity index (χ1) is 9.86. The number of alkyl halides is 3. The van der Waals surface area contributed by atoms with Crippen molar-refractivity contribution < 1.29 is 18.0 Å². The zero-order valence-electron chi connectivity index (χ0n) is 11.9. The molecule has 0 spiro atoms. The summed E-state index contributed by atoms with van der Waals surface area (Å²) in [4.78, 5) is 11.8. The largest absolute Gasteiger partial charge is 0.416 e. The molecular weight excluding hydrogens is 281 g/mol. The molecular formula is C15H19F3N2O. The number of aryl methyl sites for hydroxylation is 1. The van der Waals surface area contributed by atoms with Crippen LogP contribution in [0.1, 0.15) is 36.8 Å². The van der Waals surface area contributed by atoms with Crippen molar-refractivity contribution in [2.45, 2.75) is 44.8 Å². The molecule has 1 atom stereocenters. The highest BCUT2D eigenvalue weighted by atomic mass is 19.4. The van der Waals surface area contributed by atoms with Gasteiger partial charge in [0, 0.05) is 18.2 Å². The predicted octanol–water partition coefficient (Wildman–Crippen LogP) is 3.48. The third kappa shape index (κ3) is 4.46. The Kier molecular flexibility index (Phi) is 4.88. The van der Waals surface area contributed by atoms with Crippen LogP contribution in [0.2, 0.25) is 0 Å². The molecule has 1 aliphatic rings. The van der Waals surface area contributed by atoms with E-state index in [1.54, 1.807) is 0 Å². The van der Waals surface area contributed by atoms with Crippen LogP contribution < -0.4 is 10.6 Å². The second-order valence-electron chi connectivity index (χ2n) is 5.41. The molecule has 2 N–H and O–H groups in total. The van der Waals surface area contributed by atoms with Crippen LogP contribution in [-0.2, 0) is 11.0 Å². The van der Waals surface area contributed by atoms with E-state index < -0.39 is 11.7 Å². The van der Waals surface area contributed by atoms with Crippen LogP contribution in [0.4, 0.5) is 18.9 Å². The molecule has 0 bridgehead atoms. The first kappa shape index (κ1) is 15.8. The molecule has 1 heterocycles. The van der Waals surface area contributed by atoms with Crippen molar-refractivity contribution in [1.82, 2.24) is 5.32 Å². The van der Waals surface area contributed by atoms with Gasteiger partial charge in [-0.25, -0.2) is 0 Å². The average Bonchev–Trinajstić information content (AvgIpc) is 2.90. The number of benzene rings is 1. The lowest BCUT2D eigenvalue weighted by Crippen LogP contribution is -2.23. The Morgan fingerprint density at radius 1 is 1.43 bits per heavy atom. The number of halogens is 3. The standard InChI is InChI=1S/C15H19F3N2O/c1-10-4-5-12(9-13(10)15(16,17)18)20-14(21)7-6-11-3-2-8-19-11/h4-5,9,11,19H,2-3,6-8H2,1H3,(H,20,21). The lowest BCUT2D eigenvalue weighted by Gasteiger charge is -2.13. The Hall–Kier alpha value is -1.56. The number of hydrogen-bond donors (Lipinski definition) is 2. The van der Waals surface area contributed by atoms with Gasteiger partial charge < -0.3 is 10.6 Å². The van der Waals surface area contributed by atoms with E-state index in [1.807, 2.05) is 0 Å². The molecule has 1 fully saturated rings. The van der Waals surface area contributed by atoms with Gasteiger partial charge in [0.15, 0.2) is 0 Å². The number of hydrogen-bond acceptors (Lipinski definition) is 2. The Bertz CT molecular complexity index is 508. The van der Waals surface area contributed by atoms with Crippen molar-refractivity contribution in [1.29, 1.82) is 0 Å². The fraction of sp³-hybridized carbons (Fsp3) is 0.533. The number of rotatable bonds is 4. The third-order valence-electron chi connectivity index (χ3n) is 3.71. The fourth-order valence-corrected chi connectivity index (χ4v) is 2.54. The number of amides is 1. The van der Waals surface area contributed by atoms with E-state index in [-0.39, 0.29) is 17.2 Å². The van der Waals surface area contributed by atoms with E-state index in [2.05, 4.69) is 10.6 Å². The molecule has 21 heavy (non-hydrogen) atoms. The Labute approximate surface area is 121 Å². The van der Waals surface area contributed by atoms with Gasteiger partial charge in [0.1, 0.15) is 0 Å². The summed E-state index contributed by atoms with van der Waals surface area (Å²) in [6, 6.07) is 4.20. The van der Waals surface area contributed by atoms with Crippen molar-refractivity contribution >= 4 is 11.6 Å². The maximum Gasteiger partial charge on any atom is 0.416 e. The third-order valence-corrected chi connectivity index (χ3v) is 3.71. The maximum atomic E-state index is 12.8. The van der Waals surface area contributed by atoms with Gasteiger partial charge in [-0.15, -0.1) is 0 Å². The van der Waals surface area contributed by atoms with E-state index in [4.69, 9.17) is 0 Å². The van der Waals surface area contributed by atoms with Crippen molar-refractivity contribution in [3.63, 3.8) is 0 Å². The monoisotopic (exact) mass is 300 g/mol. The van der Waals surface area contributed by atoms with E-state index >= 15 is 0 Å². The average molecular weight is 300 g/mol. The Morgan fingerprint density at radius 2 is 2.19 bits per heavy atom. The minimum Gasteiger partial charge on any atom is -0.326 e. The lowest BCUT2D eigenvalue weighted by molar-refractivity contribution is -0.138. The predicted molar refractivity (Wildman–Crippen MR) is 75.1 cm³/mol. The molecule has 0 saturated carbocycles. The minimum absolute atomic E-state index is 0.149. The smallest absolute Gasteiger partial charge is 0.326 e. The number of carbonyl (C=O) groups is 1. The van der Waals surface area contributed by atoms with Crippen molar-refractivity contribution in [2.24, 2.45) is 0 Å². The first-order valence-corrected chi connectivity index (χ1v) is 7.07. The molecule has 1 aliphatic heterocycles. The summed E-state index contributed by atoms with van der Waals surface area (Å²) in [7, 11) is 0. The SMILES string of the molecule is Cc1ccc(NC(=O)CCC2CCCN2)cc1C(F)(F)F. The lowest BCUT2D eigenvalue weighted by atomic mass is 10.1. The maximum absolute atomic E-state index is 12.8. The van der Waals surface area contributed by atoms with Crippen LogP contribution >= 0.6 is 0 Å². The van der Waals surface area contributed by atoms with Gasteiger partial charge >= 0.3 is 6.18 Å². The molecule has 116 valence electrons. The molecule has 0 radical (unpaired) electrons.